The normalized spacial score (nSPS) is 12.1. The molecule has 1 aromatic heterocycles. The molecular formula is C15H17BrFN3. The lowest BCUT2D eigenvalue weighted by Gasteiger charge is -2.17. The van der Waals surface area contributed by atoms with Gasteiger partial charge in [0.15, 0.2) is 0 Å². The number of rotatable bonds is 4. The lowest BCUT2D eigenvalue weighted by Crippen LogP contribution is -2.12. The Morgan fingerprint density at radius 1 is 1.25 bits per heavy atom. The van der Waals surface area contributed by atoms with Crippen LogP contribution < -0.4 is 10.2 Å². The zero-order chi connectivity index (χ0) is 14.7. The molecule has 1 atom stereocenters. The van der Waals surface area contributed by atoms with Gasteiger partial charge in [-0.1, -0.05) is 15.9 Å². The van der Waals surface area contributed by atoms with Crippen molar-refractivity contribution in [2.45, 2.75) is 13.0 Å². The summed E-state index contributed by atoms with van der Waals surface area (Å²) < 4.78 is 14.7. The molecule has 1 aromatic carbocycles. The van der Waals surface area contributed by atoms with Gasteiger partial charge in [0.25, 0.3) is 0 Å². The van der Waals surface area contributed by atoms with E-state index in [1.165, 1.54) is 6.07 Å². The minimum Gasteiger partial charge on any atom is -0.377 e. The van der Waals surface area contributed by atoms with Gasteiger partial charge in [-0.15, -0.1) is 0 Å². The number of halogens is 2. The molecule has 106 valence electrons. The van der Waals surface area contributed by atoms with Gasteiger partial charge < -0.3 is 10.2 Å². The Kier molecular flexibility index (Phi) is 4.60. The number of pyridine rings is 1. The highest BCUT2D eigenvalue weighted by atomic mass is 79.9. The van der Waals surface area contributed by atoms with Gasteiger partial charge in [-0.05, 0) is 37.3 Å². The summed E-state index contributed by atoms with van der Waals surface area (Å²) in [6.07, 6.45) is 1.75. The molecule has 0 saturated heterocycles. The van der Waals surface area contributed by atoms with Gasteiger partial charge in [-0.25, -0.2) is 9.37 Å². The lowest BCUT2D eigenvalue weighted by molar-refractivity contribution is 0.600. The fraction of sp³-hybridized carbons (Fsp3) is 0.267. The first-order chi connectivity index (χ1) is 9.47. The summed E-state index contributed by atoms with van der Waals surface area (Å²) in [4.78, 5) is 6.26. The molecule has 0 saturated carbocycles. The molecule has 0 aliphatic carbocycles. The van der Waals surface area contributed by atoms with E-state index in [0.29, 0.717) is 5.56 Å². The maximum absolute atomic E-state index is 13.8. The van der Waals surface area contributed by atoms with Crippen LogP contribution in [0.25, 0.3) is 0 Å². The number of anilines is 2. The first-order valence-corrected chi connectivity index (χ1v) is 7.11. The van der Waals surface area contributed by atoms with Crippen LogP contribution >= 0.6 is 15.9 Å². The van der Waals surface area contributed by atoms with E-state index in [2.05, 4.69) is 26.2 Å². The molecule has 1 unspecified atom stereocenters. The lowest BCUT2D eigenvalue weighted by atomic mass is 10.1. The number of hydrogen-bond donors (Lipinski definition) is 1. The average Bonchev–Trinajstić information content (AvgIpc) is 2.42. The minimum absolute atomic E-state index is 0.139. The predicted molar refractivity (Wildman–Crippen MR) is 84.7 cm³/mol. The monoisotopic (exact) mass is 337 g/mol. The highest BCUT2D eigenvalue weighted by molar-refractivity contribution is 9.10. The van der Waals surface area contributed by atoms with Gasteiger partial charge in [-0.3, -0.25) is 0 Å². The smallest absolute Gasteiger partial charge is 0.128 e. The summed E-state index contributed by atoms with van der Waals surface area (Å²) in [5.74, 6) is 0.669. The summed E-state index contributed by atoms with van der Waals surface area (Å²) in [6, 6.07) is 8.67. The van der Waals surface area contributed by atoms with Crippen molar-refractivity contribution in [1.29, 1.82) is 0 Å². The molecular weight excluding hydrogens is 321 g/mol. The van der Waals surface area contributed by atoms with Gasteiger partial charge in [0.05, 0.1) is 17.9 Å². The molecule has 0 aliphatic heterocycles. The first-order valence-electron chi connectivity index (χ1n) is 6.32. The van der Waals surface area contributed by atoms with Crippen LogP contribution in [0.15, 0.2) is 41.0 Å². The molecule has 3 nitrogen and oxygen atoms in total. The molecule has 0 fully saturated rings. The van der Waals surface area contributed by atoms with Crippen LogP contribution in [0.3, 0.4) is 0 Å². The van der Waals surface area contributed by atoms with Crippen molar-refractivity contribution in [2.24, 2.45) is 0 Å². The number of nitrogens with one attached hydrogen (secondary N) is 1. The highest BCUT2D eigenvalue weighted by Crippen LogP contribution is 2.25. The molecule has 0 spiro atoms. The van der Waals surface area contributed by atoms with Crippen molar-refractivity contribution >= 4 is 27.4 Å². The van der Waals surface area contributed by atoms with Gasteiger partial charge in [0, 0.05) is 24.1 Å². The fourth-order valence-electron chi connectivity index (χ4n) is 1.91. The highest BCUT2D eigenvalue weighted by Gasteiger charge is 2.11. The van der Waals surface area contributed by atoms with E-state index in [1.54, 1.807) is 18.3 Å². The molecule has 5 heteroatoms. The van der Waals surface area contributed by atoms with Crippen LogP contribution in [0.2, 0.25) is 0 Å². The number of nitrogens with zero attached hydrogens (tertiary/aromatic N) is 2. The van der Waals surface area contributed by atoms with Crippen LogP contribution in [-0.4, -0.2) is 19.1 Å². The van der Waals surface area contributed by atoms with Crippen LogP contribution in [0.4, 0.5) is 15.9 Å². The second-order valence-corrected chi connectivity index (χ2v) is 5.75. The number of benzene rings is 1. The van der Waals surface area contributed by atoms with Crippen LogP contribution in [0.1, 0.15) is 18.5 Å². The largest absolute Gasteiger partial charge is 0.377 e. The van der Waals surface area contributed by atoms with E-state index in [4.69, 9.17) is 0 Å². The van der Waals surface area contributed by atoms with Crippen molar-refractivity contribution in [1.82, 2.24) is 4.98 Å². The quantitative estimate of drug-likeness (QED) is 0.905. The zero-order valence-corrected chi connectivity index (χ0v) is 13.3. The third-order valence-electron chi connectivity index (χ3n) is 3.01. The van der Waals surface area contributed by atoms with Crippen LogP contribution in [-0.2, 0) is 0 Å². The maximum atomic E-state index is 13.8. The Morgan fingerprint density at radius 3 is 2.60 bits per heavy atom. The Hall–Kier alpha value is -1.62. The predicted octanol–water partition coefficient (Wildman–Crippen LogP) is 4.22. The van der Waals surface area contributed by atoms with E-state index >= 15 is 0 Å². The standard InChI is InChI=1S/C15H17BrFN3/c1-10(13-8-11(16)4-6-14(13)17)19-12-5-7-15(18-9-12)20(2)3/h4-10,19H,1-3H3. The second kappa shape index (κ2) is 6.22. The Labute approximate surface area is 127 Å². The SMILES string of the molecule is CC(Nc1ccc(N(C)C)nc1)c1cc(Br)ccc1F. The molecule has 1 N–H and O–H groups in total. The number of aromatic nitrogens is 1. The van der Waals surface area contributed by atoms with E-state index in [0.717, 1.165) is 16.0 Å². The van der Waals surface area contributed by atoms with Crippen LogP contribution in [0.5, 0.6) is 0 Å². The topological polar surface area (TPSA) is 28.2 Å². The summed E-state index contributed by atoms with van der Waals surface area (Å²) in [6.45, 7) is 1.92. The van der Waals surface area contributed by atoms with E-state index in [1.807, 2.05) is 38.1 Å². The van der Waals surface area contributed by atoms with E-state index < -0.39 is 0 Å². The van der Waals surface area contributed by atoms with Crippen molar-refractivity contribution in [3.05, 3.63) is 52.4 Å². The Morgan fingerprint density at radius 2 is 2.00 bits per heavy atom. The Balaban J connectivity index is 2.14. The molecule has 0 amide bonds. The van der Waals surface area contributed by atoms with Crippen molar-refractivity contribution in [2.75, 3.05) is 24.3 Å². The van der Waals surface area contributed by atoms with E-state index in [-0.39, 0.29) is 11.9 Å². The average molecular weight is 338 g/mol. The molecule has 0 radical (unpaired) electrons. The van der Waals surface area contributed by atoms with Crippen molar-refractivity contribution < 1.29 is 4.39 Å². The Bertz CT molecular complexity index is 584. The van der Waals surface area contributed by atoms with Gasteiger partial charge in [-0.2, -0.15) is 0 Å². The fourth-order valence-corrected chi connectivity index (χ4v) is 2.29. The third-order valence-corrected chi connectivity index (χ3v) is 3.51. The van der Waals surface area contributed by atoms with Crippen LogP contribution in [0, 0.1) is 5.82 Å². The van der Waals surface area contributed by atoms with Gasteiger partial charge >= 0.3 is 0 Å². The van der Waals surface area contributed by atoms with Gasteiger partial charge in [0.2, 0.25) is 0 Å². The molecule has 2 rings (SSSR count). The first kappa shape index (κ1) is 14.8. The van der Waals surface area contributed by atoms with Crippen molar-refractivity contribution in [3.8, 4) is 0 Å². The zero-order valence-electron chi connectivity index (χ0n) is 11.7. The molecule has 0 bridgehead atoms. The summed E-state index contributed by atoms with van der Waals surface area (Å²) >= 11 is 3.36. The van der Waals surface area contributed by atoms with E-state index in [9.17, 15) is 4.39 Å². The summed E-state index contributed by atoms with van der Waals surface area (Å²) in [7, 11) is 3.88. The molecule has 2 aromatic rings. The maximum Gasteiger partial charge on any atom is 0.128 e. The molecule has 20 heavy (non-hydrogen) atoms. The minimum atomic E-state index is -0.217. The summed E-state index contributed by atoms with van der Waals surface area (Å²) in [5.41, 5.74) is 1.48. The summed E-state index contributed by atoms with van der Waals surface area (Å²) in [5, 5.41) is 3.25. The van der Waals surface area contributed by atoms with Crippen molar-refractivity contribution in [3.63, 3.8) is 0 Å². The number of hydrogen-bond acceptors (Lipinski definition) is 3. The molecule has 1 heterocycles. The molecule has 0 aliphatic rings. The second-order valence-electron chi connectivity index (χ2n) is 4.83. The third kappa shape index (κ3) is 3.48. The van der Waals surface area contributed by atoms with Gasteiger partial charge in [0.1, 0.15) is 11.6 Å².